The quantitative estimate of drug-likeness (QED) is 0.843. The highest BCUT2D eigenvalue weighted by molar-refractivity contribution is 6.43. The van der Waals surface area contributed by atoms with Gasteiger partial charge in [0.1, 0.15) is 5.75 Å². The van der Waals surface area contributed by atoms with E-state index >= 15 is 0 Å². The molecule has 0 atom stereocenters. The Kier molecular flexibility index (Phi) is 4.87. The van der Waals surface area contributed by atoms with Gasteiger partial charge in [0.05, 0.1) is 18.5 Å². The van der Waals surface area contributed by atoms with Crippen LogP contribution in [0.15, 0.2) is 48.8 Å². The minimum atomic E-state index is -0.753. The van der Waals surface area contributed by atoms with Gasteiger partial charge < -0.3 is 15.4 Å². The van der Waals surface area contributed by atoms with Crippen LogP contribution in [0.2, 0.25) is 0 Å². The van der Waals surface area contributed by atoms with Crippen molar-refractivity contribution in [1.82, 2.24) is 4.98 Å². The van der Waals surface area contributed by atoms with Gasteiger partial charge in [-0.25, -0.2) is 0 Å². The molecule has 0 fully saturated rings. The third kappa shape index (κ3) is 4.31. The highest BCUT2D eigenvalue weighted by Gasteiger charge is 2.13. The first-order chi connectivity index (χ1) is 10.2. The Bertz CT molecular complexity index is 612. The number of amides is 2. The highest BCUT2D eigenvalue weighted by Crippen LogP contribution is 2.15. The smallest absolute Gasteiger partial charge is 0.314 e. The molecule has 6 heteroatoms. The van der Waals surface area contributed by atoms with Crippen LogP contribution in [-0.4, -0.2) is 23.4 Å². The van der Waals surface area contributed by atoms with Gasteiger partial charge in [-0.05, 0) is 43.3 Å². The van der Waals surface area contributed by atoms with E-state index in [9.17, 15) is 9.59 Å². The standard InChI is InChI=1S/C15H15N3O3/c1-2-21-13-7-5-11(6-8-13)17-14(19)15(20)18-12-4-3-9-16-10-12/h3-10H,2H2,1H3,(H,17,19)(H,18,20). The number of hydrogen-bond donors (Lipinski definition) is 2. The number of nitrogens with zero attached hydrogens (tertiary/aromatic N) is 1. The van der Waals surface area contributed by atoms with Crippen molar-refractivity contribution < 1.29 is 14.3 Å². The van der Waals surface area contributed by atoms with E-state index in [-0.39, 0.29) is 0 Å². The lowest BCUT2D eigenvalue weighted by atomic mass is 10.3. The molecule has 1 aromatic carbocycles. The number of nitrogens with one attached hydrogen (secondary N) is 2. The molecule has 21 heavy (non-hydrogen) atoms. The van der Waals surface area contributed by atoms with Crippen LogP contribution >= 0.6 is 0 Å². The molecule has 6 nitrogen and oxygen atoms in total. The zero-order chi connectivity index (χ0) is 15.1. The van der Waals surface area contributed by atoms with Gasteiger partial charge in [0.25, 0.3) is 0 Å². The SMILES string of the molecule is CCOc1ccc(NC(=O)C(=O)Nc2cccnc2)cc1. The van der Waals surface area contributed by atoms with Crippen molar-refractivity contribution in [2.45, 2.75) is 6.92 Å². The van der Waals surface area contributed by atoms with E-state index in [1.807, 2.05) is 6.92 Å². The van der Waals surface area contributed by atoms with Crippen molar-refractivity contribution in [3.63, 3.8) is 0 Å². The van der Waals surface area contributed by atoms with Crippen molar-refractivity contribution >= 4 is 23.2 Å². The van der Waals surface area contributed by atoms with Gasteiger partial charge in [0.2, 0.25) is 0 Å². The first-order valence-corrected chi connectivity index (χ1v) is 6.44. The van der Waals surface area contributed by atoms with Crippen LogP contribution in [0.3, 0.4) is 0 Å². The molecule has 0 aliphatic rings. The lowest BCUT2D eigenvalue weighted by Gasteiger charge is -2.07. The van der Waals surface area contributed by atoms with Crippen LogP contribution in [0.4, 0.5) is 11.4 Å². The maximum absolute atomic E-state index is 11.8. The highest BCUT2D eigenvalue weighted by atomic mass is 16.5. The molecule has 2 N–H and O–H groups in total. The lowest BCUT2D eigenvalue weighted by molar-refractivity contribution is -0.133. The number of carbonyl (C=O) groups excluding carboxylic acids is 2. The fraction of sp³-hybridized carbons (Fsp3) is 0.133. The Balaban J connectivity index is 1.92. The molecule has 108 valence electrons. The Morgan fingerprint density at radius 3 is 2.29 bits per heavy atom. The van der Waals surface area contributed by atoms with Crippen molar-refractivity contribution in [3.8, 4) is 5.75 Å². The minimum absolute atomic E-state index is 0.462. The van der Waals surface area contributed by atoms with E-state index in [0.29, 0.717) is 23.7 Å². The molecular formula is C15H15N3O3. The number of aromatic nitrogens is 1. The fourth-order valence-electron chi connectivity index (χ4n) is 1.61. The number of carbonyl (C=O) groups is 2. The van der Waals surface area contributed by atoms with Crippen LogP contribution in [0, 0.1) is 0 Å². The predicted octanol–water partition coefficient (Wildman–Crippen LogP) is 2.06. The monoisotopic (exact) mass is 285 g/mol. The molecule has 0 radical (unpaired) electrons. The zero-order valence-corrected chi connectivity index (χ0v) is 11.5. The Labute approximate surface area is 122 Å². The second-order valence-electron chi connectivity index (χ2n) is 4.11. The third-order valence-electron chi connectivity index (χ3n) is 2.55. The van der Waals surface area contributed by atoms with E-state index < -0.39 is 11.8 Å². The van der Waals surface area contributed by atoms with E-state index in [4.69, 9.17) is 4.74 Å². The summed E-state index contributed by atoms with van der Waals surface area (Å²) in [6, 6.07) is 10.1. The average molecular weight is 285 g/mol. The van der Waals surface area contributed by atoms with Crippen LogP contribution in [0.1, 0.15) is 6.92 Å². The molecule has 0 unspecified atom stereocenters. The van der Waals surface area contributed by atoms with Gasteiger partial charge in [-0.1, -0.05) is 0 Å². The normalized spacial score (nSPS) is 9.76. The number of pyridine rings is 1. The van der Waals surface area contributed by atoms with E-state index in [1.165, 1.54) is 6.20 Å². The fourth-order valence-corrected chi connectivity index (χ4v) is 1.61. The van der Waals surface area contributed by atoms with E-state index in [2.05, 4.69) is 15.6 Å². The maximum Gasteiger partial charge on any atom is 0.314 e. The summed E-state index contributed by atoms with van der Waals surface area (Å²) in [4.78, 5) is 27.3. The Morgan fingerprint density at radius 2 is 1.71 bits per heavy atom. The molecule has 2 aromatic rings. The molecule has 0 saturated heterocycles. The number of rotatable bonds is 4. The second kappa shape index (κ2) is 7.04. The van der Waals surface area contributed by atoms with Crippen LogP contribution in [0.25, 0.3) is 0 Å². The number of anilines is 2. The predicted molar refractivity (Wildman–Crippen MR) is 79.1 cm³/mol. The third-order valence-corrected chi connectivity index (χ3v) is 2.55. The number of benzene rings is 1. The van der Waals surface area contributed by atoms with Gasteiger partial charge in [-0.3, -0.25) is 14.6 Å². The molecule has 0 aliphatic carbocycles. The van der Waals surface area contributed by atoms with Gasteiger partial charge in [-0.2, -0.15) is 0 Å². The molecule has 0 saturated carbocycles. The van der Waals surface area contributed by atoms with Crippen molar-refractivity contribution in [2.24, 2.45) is 0 Å². The minimum Gasteiger partial charge on any atom is -0.494 e. The second-order valence-corrected chi connectivity index (χ2v) is 4.11. The van der Waals surface area contributed by atoms with E-state index in [1.54, 1.807) is 42.6 Å². The summed E-state index contributed by atoms with van der Waals surface area (Å²) in [5, 5.41) is 4.96. The van der Waals surface area contributed by atoms with Gasteiger partial charge in [-0.15, -0.1) is 0 Å². The van der Waals surface area contributed by atoms with Crippen molar-refractivity contribution in [3.05, 3.63) is 48.8 Å². The van der Waals surface area contributed by atoms with Crippen molar-refractivity contribution in [2.75, 3.05) is 17.2 Å². The summed E-state index contributed by atoms with van der Waals surface area (Å²) in [7, 11) is 0. The van der Waals surface area contributed by atoms with Crippen LogP contribution in [0.5, 0.6) is 5.75 Å². The molecule has 0 bridgehead atoms. The summed E-state index contributed by atoms with van der Waals surface area (Å²) in [6.45, 7) is 2.46. The van der Waals surface area contributed by atoms with Gasteiger partial charge in [0, 0.05) is 11.9 Å². The first kappa shape index (κ1) is 14.5. The average Bonchev–Trinajstić information content (AvgIpc) is 2.50. The number of ether oxygens (including phenoxy) is 1. The topological polar surface area (TPSA) is 80.3 Å². The maximum atomic E-state index is 11.8. The Morgan fingerprint density at radius 1 is 1.05 bits per heavy atom. The van der Waals surface area contributed by atoms with Crippen molar-refractivity contribution in [1.29, 1.82) is 0 Å². The Hall–Kier alpha value is -2.89. The first-order valence-electron chi connectivity index (χ1n) is 6.44. The molecule has 1 aromatic heterocycles. The largest absolute Gasteiger partial charge is 0.494 e. The summed E-state index contributed by atoms with van der Waals surface area (Å²) in [6.07, 6.45) is 3.04. The lowest BCUT2D eigenvalue weighted by Crippen LogP contribution is -2.29. The molecule has 0 spiro atoms. The van der Waals surface area contributed by atoms with Gasteiger partial charge in [0.15, 0.2) is 0 Å². The molecule has 2 rings (SSSR count). The summed E-state index contributed by atoms with van der Waals surface area (Å²) in [5.74, 6) is -0.796. The summed E-state index contributed by atoms with van der Waals surface area (Å²) in [5.41, 5.74) is 0.981. The molecule has 2 amide bonds. The molecule has 0 aliphatic heterocycles. The van der Waals surface area contributed by atoms with Crippen LogP contribution < -0.4 is 15.4 Å². The number of hydrogen-bond acceptors (Lipinski definition) is 4. The molecular weight excluding hydrogens is 270 g/mol. The van der Waals surface area contributed by atoms with Gasteiger partial charge >= 0.3 is 11.8 Å². The summed E-state index contributed by atoms with van der Waals surface area (Å²) < 4.78 is 5.29. The summed E-state index contributed by atoms with van der Waals surface area (Å²) >= 11 is 0. The van der Waals surface area contributed by atoms with Crippen LogP contribution in [-0.2, 0) is 9.59 Å². The zero-order valence-electron chi connectivity index (χ0n) is 11.5. The van der Waals surface area contributed by atoms with E-state index in [0.717, 1.165) is 0 Å². The molecule has 1 heterocycles.